The molecule has 0 spiro atoms. The molecule has 1 aliphatic rings. The molecule has 4 atom stereocenters. The third kappa shape index (κ3) is 3.31. The van der Waals surface area contributed by atoms with Crippen LogP contribution in [0.3, 0.4) is 0 Å². The molecule has 2 unspecified atom stereocenters. The molecule has 11 nitrogen and oxygen atoms in total. The summed E-state index contributed by atoms with van der Waals surface area (Å²) < 4.78 is 6.88. The summed E-state index contributed by atoms with van der Waals surface area (Å²) in [7, 11) is 0. The molecule has 3 heterocycles. The lowest BCUT2D eigenvalue weighted by atomic mass is 10.1. The van der Waals surface area contributed by atoms with Gasteiger partial charge >= 0.3 is 0 Å². The molecule has 138 valence electrons. The van der Waals surface area contributed by atoms with E-state index in [1.54, 1.807) is 0 Å². The van der Waals surface area contributed by atoms with E-state index in [2.05, 4.69) is 32.1 Å². The summed E-state index contributed by atoms with van der Waals surface area (Å²) in [6, 6.07) is 0. The maximum Gasteiger partial charge on any atom is 0.217 e. The Bertz CT molecular complexity index is 888. The van der Waals surface area contributed by atoms with Crippen molar-refractivity contribution >= 4 is 22.9 Å². The van der Waals surface area contributed by atoms with Crippen LogP contribution >= 0.6 is 0 Å². The fraction of sp³-hybridized carbons (Fsp3) is 0.467. The third-order valence-electron chi connectivity index (χ3n) is 3.87. The van der Waals surface area contributed by atoms with Gasteiger partial charge in [0.25, 0.3) is 0 Å². The van der Waals surface area contributed by atoms with Crippen LogP contribution in [0.15, 0.2) is 6.33 Å². The molecule has 3 rings (SSSR count). The molecular formula is C15H18N6O5. The average molecular weight is 362 g/mol. The van der Waals surface area contributed by atoms with Crippen LogP contribution in [-0.4, -0.2) is 72.2 Å². The van der Waals surface area contributed by atoms with Gasteiger partial charge in [-0.3, -0.25) is 9.36 Å². The lowest BCUT2D eigenvalue weighted by Gasteiger charge is -2.16. The summed E-state index contributed by atoms with van der Waals surface area (Å²) in [6.45, 7) is 1.06. The molecule has 1 amide bonds. The monoisotopic (exact) mass is 362 g/mol. The number of hydrogen-bond donors (Lipinski definition) is 5. The second kappa shape index (κ2) is 7.22. The summed E-state index contributed by atoms with van der Waals surface area (Å²) in [4.78, 5) is 23.2. The highest BCUT2D eigenvalue weighted by Gasteiger charge is 2.44. The van der Waals surface area contributed by atoms with Gasteiger partial charge in [0.1, 0.15) is 23.8 Å². The van der Waals surface area contributed by atoms with Crippen molar-refractivity contribution in [3.8, 4) is 11.8 Å². The molecule has 2 aromatic rings. The van der Waals surface area contributed by atoms with Crippen molar-refractivity contribution in [2.75, 3.05) is 18.9 Å². The quantitative estimate of drug-likeness (QED) is 0.371. The summed E-state index contributed by atoms with van der Waals surface area (Å²) >= 11 is 0. The number of ether oxygens (including phenoxy) is 1. The number of aliphatic hydroxyl groups excluding tert-OH is 3. The van der Waals surface area contributed by atoms with E-state index in [1.165, 1.54) is 17.8 Å². The second-order valence-corrected chi connectivity index (χ2v) is 5.70. The average Bonchev–Trinajstić information content (AvgIpc) is 3.14. The van der Waals surface area contributed by atoms with Gasteiger partial charge in [-0.1, -0.05) is 5.92 Å². The van der Waals surface area contributed by atoms with E-state index in [0.717, 1.165) is 0 Å². The van der Waals surface area contributed by atoms with Crippen LogP contribution in [0.4, 0.5) is 5.82 Å². The van der Waals surface area contributed by atoms with Crippen molar-refractivity contribution in [2.24, 2.45) is 0 Å². The zero-order valence-corrected chi connectivity index (χ0v) is 13.8. The van der Waals surface area contributed by atoms with Crippen molar-refractivity contribution in [1.29, 1.82) is 0 Å². The number of amides is 1. The van der Waals surface area contributed by atoms with E-state index in [9.17, 15) is 20.1 Å². The molecule has 1 aliphatic heterocycles. The van der Waals surface area contributed by atoms with Gasteiger partial charge in [-0.25, -0.2) is 15.0 Å². The van der Waals surface area contributed by atoms with Gasteiger partial charge in [0.05, 0.1) is 19.5 Å². The van der Waals surface area contributed by atoms with Crippen molar-refractivity contribution < 1.29 is 24.9 Å². The lowest BCUT2D eigenvalue weighted by Crippen LogP contribution is -2.33. The van der Waals surface area contributed by atoms with Gasteiger partial charge in [0, 0.05) is 6.92 Å². The van der Waals surface area contributed by atoms with Crippen molar-refractivity contribution in [1.82, 2.24) is 24.8 Å². The Hall–Kier alpha value is -2.78. The van der Waals surface area contributed by atoms with Crippen LogP contribution in [-0.2, 0) is 9.53 Å². The smallest absolute Gasteiger partial charge is 0.217 e. The predicted octanol–water partition coefficient (Wildman–Crippen LogP) is -2.49. The molecule has 1 fully saturated rings. The maximum absolute atomic E-state index is 10.8. The van der Waals surface area contributed by atoms with Crippen LogP contribution < -0.4 is 11.1 Å². The number of nitrogens with two attached hydrogens (primary N) is 1. The minimum absolute atomic E-state index is 0.0873. The Morgan fingerprint density at radius 3 is 2.85 bits per heavy atom. The Morgan fingerprint density at radius 1 is 1.42 bits per heavy atom. The van der Waals surface area contributed by atoms with E-state index in [0.29, 0.717) is 0 Å². The van der Waals surface area contributed by atoms with Crippen LogP contribution in [0, 0.1) is 11.8 Å². The first-order chi connectivity index (χ1) is 12.4. The maximum atomic E-state index is 10.8. The molecule has 6 N–H and O–H groups in total. The Labute approximate surface area is 147 Å². The van der Waals surface area contributed by atoms with Crippen LogP contribution in [0.25, 0.3) is 11.2 Å². The normalized spacial score (nSPS) is 25.1. The second-order valence-electron chi connectivity index (χ2n) is 5.70. The minimum atomic E-state index is -1.28. The van der Waals surface area contributed by atoms with Gasteiger partial charge in [-0.15, -0.1) is 0 Å². The number of rotatable bonds is 3. The zero-order chi connectivity index (χ0) is 18.8. The topological polar surface area (TPSA) is 169 Å². The SMILES string of the molecule is CC(=O)NCC#Cc1nc(N)c2ncn([C@@H]3O[C@H](CO)C(O)C3O)c2n1. The number of carbonyl (C=O) groups excluding carboxylic acids is 1. The van der Waals surface area contributed by atoms with E-state index < -0.39 is 31.1 Å². The number of aliphatic hydroxyl groups is 3. The number of carbonyl (C=O) groups is 1. The molecule has 26 heavy (non-hydrogen) atoms. The largest absolute Gasteiger partial charge is 0.394 e. The van der Waals surface area contributed by atoms with E-state index in [-0.39, 0.29) is 35.3 Å². The minimum Gasteiger partial charge on any atom is -0.394 e. The molecule has 0 saturated carbocycles. The number of imidazole rings is 1. The van der Waals surface area contributed by atoms with Gasteiger partial charge in [0.2, 0.25) is 11.7 Å². The number of nitrogens with one attached hydrogen (secondary N) is 1. The first-order valence-corrected chi connectivity index (χ1v) is 7.78. The molecule has 0 bridgehead atoms. The highest BCUT2D eigenvalue weighted by molar-refractivity contribution is 5.82. The Balaban J connectivity index is 1.94. The lowest BCUT2D eigenvalue weighted by molar-refractivity contribution is -0.118. The summed E-state index contributed by atoms with van der Waals surface area (Å²) in [5.41, 5.74) is 6.43. The molecular weight excluding hydrogens is 344 g/mol. The number of fused-ring (bicyclic) bond motifs is 1. The molecule has 0 aromatic carbocycles. The molecule has 0 aliphatic carbocycles. The van der Waals surface area contributed by atoms with Gasteiger partial charge in [-0.2, -0.15) is 0 Å². The molecule has 1 saturated heterocycles. The standard InChI is InChI=1S/C15H18N6O5/c1-7(23)17-4-2-3-9-19-13(16)10-14(20-9)21(6-18-10)15-12(25)11(24)8(5-22)26-15/h6,8,11-12,15,22,24-25H,4-5H2,1H3,(H,17,23)(H2,16,19,20)/t8-,11?,12?,15-/m1/s1. The predicted molar refractivity (Wildman–Crippen MR) is 88.3 cm³/mol. The van der Waals surface area contributed by atoms with Gasteiger partial charge in [0.15, 0.2) is 17.7 Å². The highest BCUT2D eigenvalue weighted by atomic mass is 16.6. The summed E-state index contributed by atoms with van der Waals surface area (Å²) in [6.07, 6.45) is -3.11. The number of hydrogen-bond acceptors (Lipinski definition) is 9. The summed E-state index contributed by atoms with van der Waals surface area (Å²) in [5, 5.41) is 31.8. The van der Waals surface area contributed by atoms with E-state index >= 15 is 0 Å². The zero-order valence-electron chi connectivity index (χ0n) is 13.8. The van der Waals surface area contributed by atoms with Crippen LogP contribution in [0.2, 0.25) is 0 Å². The third-order valence-corrected chi connectivity index (χ3v) is 3.87. The van der Waals surface area contributed by atoms with Gasteiger partial charge in [-0.05, 0) is 5.92 Å². The van der Waals surface area contributed by atoms with Crippen molar-refractivity contribution in [2.45, 2.75) is 31.5 Å². The number of anilines is 1. The molecule has 11 heteroatoms. The fourth-order valence-electron chi connectivity index (χ4n) is 2.58. The summed E-state index contributed by atoms with van der Waals surface area (Å²) in [5.74, 6) is 5.35. The first-order valence-electron chi connectivity index (χ1n) is 7.78. The van der Waals surface area contributed by atoms with E-state index in [4.69, 9.17) is 10.5 Å². The fourth-order valence-corrected chi connectivity index (χ4v) is 2.58. The highest BCUT2D eigenvalue weighted by Crippen LogP contribution is 2.31. The van der Waals surface area contributed by atoms with E-state index in [1.807, 2.05) is 0 Å². The molecule has 0 radical (unpaired) electrons. The van der Waals surface area contributed by atoms with Crippen LogP contribution in [0.5, 0.6) is 0 Å². The Morgan fingerprint density at radius 2 is 2.19 bits per heavy atom. The number of nitrogens with zero attached hydrogens (tertiary/aromatic N) is 4. The van der Waals surface area contributed by atoms with Gasteiger partial charge < -0.3 is 31.1 Å². The van der Waals surface area contributed by atoms with Crippen molar-refractivity contribution in [3.05, 3.63) is 12.2 Å². The number of aromatic nitrogens is 4. The number of nitrogen functional groups attached to an aromatic ring is 1. The van der Waals surface area contributed by atoms with Crippen LogP contribution in [0.1, 0.15) is 19.0 Å². The molecule has 2 aromatic heterocycles. The Kier molecular flexibility index (Phi) is 5.01. The van der Waals surface area contributed by atoms with Crippen molar-refractivity contribution in [3.63, 3.8) is 0 Å². The first kappa shape index (κ1) is 18.0.